The van der Waals surface area contributed by atoms with Gasteiger partial charge in [-0.15, -0.1) is 12.3 Å². The average Bonchev–Trinajstić information content (AvgIpc) is 2.80. The SMILES string of the molecule is CC(C)(C)c1cc(C=N[C-]2CCCC[C@H]2N=Cc2cc(C(C)(C)C)cc(C(C)(C)C)c2O)c(O)c(C(C)(C)C)c1.[Cl-].[Cl-].[Mn+3]. The smallest absolute Gasteiger partial charge is 1.00 e. The number of benzene rings is 2. The Morgan fingerprint density at radius 2 is 1.07 bits per heavy atom. The molecule has 1 fully saturated rings. The van der Waals surface area contributed by atoms with E-state index in [-0.39, 0.29) is 69.6 Å². The monoisotopic (exact) mass is 670 g/mol. The first-order valence-electron chi connectivity index (χ1n) is 14.9. The first-order chi connectivity index (χ1) is 18.2. The molecule has 0 amide bonds. The molecule has 1 saturated carbocycles. The Morgan fingerprint density at radius 1 is 0.651 bits per heavy atom. The van der Waals surface area contributed by atoms with Gasteiger partial charge in [0.05, 0.1) is 0 Å². The minimum atomic E-state index is -0.186. The van der Waals surface area contributed by atoms with Gasteiger partial charge in [-0.2, -0.15) is 0 Å². The number of hydrogen-bond acceptors (Lipinski definition) is 4. The second-order valence-corrected chi connectivity index (χ2v) is 15.7. The van der Waals surface area contributed by atoms with E-state index in [0.29, 0.717) is 11.5 Å². The molecule has 1 atom stereocenters. The number of aliphatic imine (C=N–C) groups is 2. The summed E-state index contributed by atoms with van der Waals surface area (Å²) in [6.45, 7) is 26.0. The molecule has 2 aromatic carbocycles. The van der Waals surface area contributed by atoms with Gasteiger partial charge in [-0.3, -0.25) is 0 Å². The van der Waals surface area contributed by atoms with Crippen LogP contribution in [0.15, 0.2) is 34.3 Å². The molecule has 0 aromatic heterocycles. The van der Waals surface area contributed by atoms with E-state index in [2.05, 4.69) is 107 Å². The molecule has 0 unspecified atom stereocenters. The number of hydrogen-bond donors (Lipinski definition) is 2. The normalized spacial score (nSPS) is 16.6. The number of nitrogens with zero attached hydrogens (tertiary/aromatic N) is 2. The average molecular weight is 672 g/mol. The molecule has 240 valence electrons. The van der Waals surface area contributed by atoms with Crippen LogP contribution < -0.4 is 24.8 Å². The minimum absolute atomic E-state index is 0. The van der Waals surface area contributed by atoms with E-state index in [0.717, 1.165) is 54.0 Å². The summed E-state index contributed by atoms with van der Waals surface area (Å²) in [5.41, 5.74) is 5.30. The molecule has 1 aliphatic rings. The van der Waals surface area contributed by atoms with Crippen LogP contribution in [-0.4, -0.2) is 28.7 Å². The predicted octanol–water partition coefficient (Wildman–Crippen LogP) is 3.31. The largest absolute Gasteiger partial charge is 3.00 e. The maximum absolute atomic E-state index is 11.2. The maximum atomic E-state index is 11.2. The van der Waals surface area contributed by atoms with E-state index in [9.17, 15) is 10.2 Å². The van der Waals surface area contributed by atoms with Crippen molar-refractivity contribution in [2.24, 2.45) is 9.98 Å². The minimum Gasteiger partial charge on any atom is -1.00 e. The summed E-state index contributed by atoms with van der Waals surface area (Å²) in [6.07, 6.45) is 7.67. The van der Waals surface area contributed by atoms with Gasteiger partial charge in [0.1, 0.15) is 11.5 Å². The fourth-order valence-electron chi connectivity index (χ4n) is 5.13. The standard InChI is InChI=1S/C36H53N2O2.2ClH.Mn/c1-33(2,3)25-17-23(31(39)27(19-25)35(7,8)9)21-37-29-15-13-14-16-30(29)38-22-24-18-26(34(4,5)6)20-28(32(24)40)36(10,11)12;;;/h17-22,29,39-40H,13-16H2,1-12H3;2*1H;/q-1;;;+3/p-2/t29-;;;/m1.../s1. The van der Waals surface area contributed by atoms with Crippen molar-refractivity contribution in [2.75, 3.05) is 0 Å². The Balaban J connectivity index is 0.00000588. The van der Waals surface area contributed by atoms with Crippen molar-refractivity contribution in [1.29, 1.82) is 0 Å². The van der Waals surface area contributed by atoms with Gasteiger partial charge in [-0.05, 0) is 56.4 Å². The third-order valence-corrected chi connectivity index (χ3v) is 7.94. The number of halogens is 2. The molecule has 0 saturated heterocycles. The van der Waals surface area contributed by atoms with Crippen molar-refractivity contribution in [3.8, 4) is 11.5 Å². The zero-order valence-electron chi connectivity index (χ0n) is 28.3. The van der Waals surface area contributed by atoms with Crippen LogP contribution in [-0.2, 0) is 38.7 Å². The molecule has 1 aliphatic carbocycles. The number of rotatable bonds is 4. The Morgan fingerprint density at radius 3 is 1.47 bits per heavy atom. The van der Waals surface area contributed by atoms with Crippen molar-refractivity contribution in [3.05, 3.63) is 63.7 Å². The van der Waals surface area contributed by atoms with Gasteiger partial charge in [0, 0.05) is 23.4 Å². The van der Waals surface area contributed by atoms with Crippen LogP contribution in [0.5, 0.6) is 11.5 Å². The molecule has 0 aliphatic heterocycles. The molecular formula is C36H53Cl2MnN2O2. The second kappa shape index (κ2) is 15.1. The molecule has 7 heteroatoms. The number of phenols is 2. The molecular weight excluding hydrogens is 618 g/mol. The van der Waals surface area contributed by atoms with Crippen LogP contribution in [0.3, 0.4) is 0 Å². The molecule has 2 N–H and O–H groups in total. The van der Waals surface area contributed by atoms with Gasteiger partial charge in [-0.25, -0.2) is 0 Å². The predicted molar refractivity (Wildman–Crippen MR) is 172 cm³/mol. The molecule has 3 rings (SSSR count). The Hall–Kier alpha value is -1.65. The van der Waals surface area contributed by atoms with Crippen LogP contribution in [0.1, 0.15) is 142 Å². The number of aromatic hydroxyl groups is 2. The van der Waals surface area contributed by atoms with Crippen LogP contribution >= 0.6 is 0 Å². The van der Waals surface area contributed by atoms with Crippen molar-refractivity contribution in [3.63, 3.8) is 0 Å². The van der Waals surface area contributed by atoms with Crippen LogP contribution in [0, 0.1) is 6.04 Å². The zero-order chi connectivity index (χ0) is 30.3. The topological polar surface area (TPSA) is 65.2 Å². The van der Waals surface area contributed by atoms with Crippen molar-refractivity contribution in [1.82, 2.24) is 0 Å². The first kappa shape index (κ1) is 41.3. The van der Waals surface area contributed by atoms with Gasteiger partial charge in [0.15, 0.2) is 0 Å². The van der Waals surface area contributed by atoms with Crippen LogP contribution in [0.2, 0.25) is 0 Å². The van der Waals surface area contributed by atoms with Gasteiger partial charge in [-0.1, -0.05) is 121 Å². The summed E-state index contributed by atoms with van der Waals surface area (Å²) in [5, 5.41) is 22.4. The molecule has 4 nitrogen and oxygen atoms in total. The maximum Gasteiger partial charge on any atom is 3.00 e. The Kier molecular flexibility index (Phi) is 14.5. The molecule has 0 radical (unpaired) electrons. The Labute approximate surface area is 285 Å². The summed E-state index contributed by atoms with van der Waals surface area (Å²) < 4.78 is 0. The summed E-state index contributed by atoms with van der Waals surface area (Å²) in [7, 11) is 0. The molecule has 43 heavy (non-hydrogen) atoms. The fourth-order valence-corrected chi connectivity index (χ4v) is 5.13. The van der Waals surface area contributed by atoms with Crippen molar-refractivity contribution >= 4 is 12.4 Å². The quantitative estimate of drug-likeness (QED) is 0.298. The van der Waals surface area contributed by atoms with Crippen LogP contribution in [0.4, 0.5) is 0 Å². The summed E-state index contributed by atoms with van der Waals surface area (Å²) >= 11 is 0. The first-order valence-corrected chi connectivity index (χ1v) is 14.9. The van der Waals surface area contributed by atoms with Crippen LogP contribution in [0.25, 0.3) is 0 Å². The van der Waals surface area contributed by atoms with Crippen molar-refractivity contribution < 1.29 is 52.1 Å². The van der Waals surface area contributed by atoms with E-state index < -0.39 is 0 Å². The zero-order valence-corrected chi connectivity index (χ0v) is 31.0. The molecule has 2 aromatic rings. The second-order valence-electron chi connectivity index (χ2n) is 15.7. The third kappa shape index (κ3) is 10.5. The molecule has 0 bridgehead atoms. The van der Waals surface area contributed by atoms with Gasteiger partial charge >= 0.3 is 17.1 Å². The summed E-state index contributed by atoms with van der Waals surface area (Å²) in [5.74, 6) is 0.614. The molecule has 0 heterocycles. The van der Waals surface area contributed by atoms with E-state index in [4.69, 9.17) is 9.98 Å². The van der Waals surface area contributed by atoms with Gasteiger partial charge < -0.3 is 45.0 Å². The summed E-state index contributed by atoms with van der Waals surface area (Å²) in [6, 6.07) is 9.40. The summed E-state index contributed by atoms with van der Waals surface area (Å²) in [4.78, 5) is 9.94. The van der Waals surface area contributed by atoms with E-state index >= 15 is 0 Å². The Bertz CT molecular complexity index is 1180. The van der Waals surface area contributed by atoms with Gasteiger partial charge in [0.25, 0.3) is 0 Å². The van der Waals surface area contributed by atoms with Gasteiger partial charge in [0.2, 0.25) is 0 Å². The number of phenolic OH excluding ortho intramolecular Hbond substituents is 2. The third-order valence-electron chi connectivity index (χ3n) is 7.94. The molecule has 0 spiro atoms. The van der Waals surface area contributed by atoms with Crippen molar-refractivity contribution in [2.45, 2.75) is 136 Å². The van der Waals surface area contributed by atoms with E-state index in [1.54, 1.807) is 0 Å². The fraction of sp³-hybridized carbons (Fsp3) is 0.583. The van der Waals surface area contributed by atoms with E-state index in [1.165, 1.54) is 11.1 Å². The van der Waals surface area contributed by atoms with E-state index in [1.807, 2.05) is 12.4 Å².